The maximum atomic E-state index is 13.7. The molecule has 40 heavy (non-hydrogen) atoms. The highest BCUT2D eigenvalue weighted by molar-refractivity contribution is 7.92. The smallest absolute Gasteiger partial charge is 0.255 e. The molecule has 4 atom stereocenters. The van der Waals surface area contributed by atoms with Crippen molar-refractivity contribution in [3.63, 3.8) is 0 Å². The molecule has 2 saturated carbocycles. The monoisotopic (exact) mass is 596 g/mol. The standard InChI is InChI=1S/C28H28ClF3N2O5S/c29-21-8-5-16(27(36)34-19-12-22(30)25(32)23(31)13-19)9-24(21)40(38,39)20-10-17-6-7-18(11-20)28(17,37)14-33-26(35)15-3-1-2-4-15/h3,5,8-9,12-13,17-18,20,37H,1-2,4,6-7,10-11,14H2,(H,33,35)(H,34,36)/t17-,18?,20-,28-/m0/s1. The fourth-order valence-electron chi connectivity index (χ4n) is 6.24. The van der Waals surface area contributed by atoms with Gasteiger partial charge in [0.25, 0.3) is 5.91 Å². The predicted molar refractivity (Wildman–Crippen MR) is 142 cm³/mol. The zero-order valence-corrected chi connectivity index (χ0v) is 22.9. The molecule has 7 nitrogen and oxygen atoms in total. The predicted octanol–water partition coefficient (Wildman–Crippen LogP) is 4.93. The minimum absolute atomic E-state index is 0.0479. The van der Waals surface area contributed by atoms with Crippen molar-refractivity contribution in [1.29, 1.82) is 0 Å². The topological polar surface area (TPSA) is 113 Å². The summed E-state index contributed by atoms with van der Waals surface area (Å²) in [5, 5.41) is 15.6. The van der Waals surface area contributed by atoms with Gasteiger partial charge < -0.3 is 15.7 Å². The van der Waals surface area contributed by atoms with Crippen LogP contribution in [0, 0.1) is 29.3 Å². The molecule has 214 valence electrons. The van der Waals surface area contributed by atoms with E-state index in [0.29, 0.717) is 37.0 Å². The molecule has 0 aliphatic heterocycles. The van der Waals surface area contributed by atoms with Gasteiger partial charge in [-0.3, -0.25) is 9.59 Å². The molecule has 12 heteroatoms. The Morgan fingerprint density at radius 3 is 2.27 bits per heavy atom. The van der Waals surface area contributed by atoms with Crippen LogP contribution in [0.25, 0.3) is 0 Å². The zero-order valence-electron chi connectivity index (χ0n) is 21.4. The number of benzene rings is 2. The average molecular weight is 597 g/mol. The minimum Gasteiger partial charge on any atom is -0.387 e. The second-order valence-electron chi connectivity index (χ2n) is 10.8. The molecule has 2 fully saturated rings. The lowest BCUT2D eigenvalue weighted by Gasteiger charge is -2.42. The van der Waals surface area contributed by atoms with Crippen LogP contribution in [0.5, 0.6) is 0 Å². The van der Waals surface area contributed by atoms with Crippen molar-refractivity contribution in [3.05, 3.63) is 70.0 Å². The lowest BCUT2D eigenvalue weighted by atomic mass is 9.74. The first-order valence-corrected chi connectivity index (χ1v) is 15.0. The van der Waals surface area contributed by atoms with Gasteiger partial charge in [0.2, 0.25) is 5.91 Å². The summed E-state index contributed by atoms with van der Waals surface area (Å²) in [6, 6.07) is 4.82. The fraction of sp³-hybridized carbons (Fsp3) is 0.429. The Bertz CT molecular complexity index is 1480. The molecule has 3 aliphatic carbocycles. The lowest BCUT2D eigenvalue weighted by molar-refractivity contribution is -0.120. The van der Waals surface area contributed by atoms with Crippen LogP contribution in [0.2, 0.25) is 5.02 Å². The Morgan fingerprint density at radius 2 is 1.68 bits per heavy atom. The second kappa shape index (κ2) is 10.8. The van der Waals surface area contributed by atoms with E-state index in [1.54, 1.807) is 0 Å². The van der Waals surface area contributed by atoms with Crippen LogP contribution >= 0.6 is 11.6 Å². The highest BCUT2D eigenvalue weighted by Gasteiger charge is 2.55. The molecule has 0 heterocycles. The first-order valence-electron chi connectivity index (χ1n) is 13.1. The van der Waals surface area contributed by atoms with E-state index < -0.39 is 44.0 Å². The third kappa shape index (κ3) is 5.26. The van der Waals surface area contributed by atoms with E-state index >= 15 is 0 Å². The summed E-state index contributed by atoms with van der Waals surface area (Å²) in [5.41, 5.74) is -0.987. The summed E-state index contributed by atoms with van der Waals surface area (Å²) < 4.78 is 67.8. The van der Waals surface area contributed by atoms with Crippen molar-refractivity contribution in [2.75, 3.05) is 11.9 Å². The third-order valence-electron chi connectivity index (χ3n) is 8.42. The number of rotatable bonds is 7. The number of carbonyl (C=O) groups excluding carboxylic acids is 2. The van der Waals surface area contributed by atoms with E-state index in [0.717, 1.165) is 18.9 Å². The van der Waals surface area contributed by atoms with E-state index in [9.17, 15) is 36.3 Å². The van der Waals surface area contributed by atoms with Crippen molar-refractivity contribution >= 4 is 38.9 Å². The Hall–Kier alpha value is -2.89. The zero-order chi connectivity index (χ0) is 28.8. The number of halogens is 4. The number of aliphatic hydroxyl groups is 1. The molecular weight excluding hydrogens is 569 g/mol. The van der Waals surface area contributed by atoms with Gasteiger partial charge in [-0.05, 0) is 75.0 Å². The molecule has 3 aliphatic rings. The van der Waals surface area contributed by atoms with Gasteiger partial charge in [0, 0.05) is 35.5 Å². The number of sulfone groups is 1. The Labute approximate surface area is 234 Å². The minimum atomic E-state index is -4.05. The van der Waals surface area contributed by atoms with Crippen LogP contribution in [-0.2, 0) is 14.6 Å². The maximum absolute atomic E-state index is 13.7. The molecule has 0 aromatic heterocycles. The highest BCUT2D eigenvalue weighted by Crippen LogP contribution is 2.52. The van der Waals surface area contributed by atoms with E-state index in [2.05, 4.69) is 10.6 Å². The van der Waals surface area contributed by atoms with Gasteiger partial charge in [-0.1, -0.05) is 17.7 Å². The quantitative estimate of drug-likeness (QED) is 0.393. The average Bonchev–Trinajstić information content (AvgIpc) is 3.48. The number of hydrogen-bond donors (Lipinski definition) is 3. The number of fused-ring (bicyclic) bond motifs is 2. The normalized spacial score (nSPS) is 25.9. The van der Waals surface area contributed by atoms with E-state index in [-0.39, 0.29) is 58.3 Å². The number of hydrogen-bond acceptors (Lipinski definition) is 5. The molecular formula is C28H28ClF3N2O5S. The van der Waals surface area contributed by atoms with Gasteiger partial charge in [-0.15, -0.1) is 0 Å². The Morgan fingerprint density at radius 1 is 1.02 bits per heavy atom. The Kier molecular flexibility index (Phi) is 7.75. The van der Waals surface area contributed by atoms with Crippen LogP contribution < -0.4 is 10.6 Å². The summed E-state index contributed by atoms with van der Waals surface area (Å²) in [6.45, 7) is 0.0479. The van der Waals surface area contributed by atoms with Gasteiger partial charge >= 0.3 is 0 Å². The molecule has 2 amide bonds. The Balaban J connectivity index is 1.32. The van der Waals surface area contributed by atoms with Crippen molar-refractivity contribution in [2.24, 2.45) is 11.8 Å². The van der Waals surface area contributed by atoms with E-state index in [1.807, 2.05) is 6.08 Å². The molecule has 0 saturated heterocycles. The first-order chi connectivity index (χ1) is 18.9. The van der Waals surface area contributed by atoms with E-state index in [1.165, 1.54) is 12.1 Å². The van der Waals surface area contributed by atoms with Gasteiger partial charge in [0.05, 0.1) is 20.8 Å². The summed E-state index contributed by atoms with van der Waals surface area (Å²) in [5.74, 6) is -6.43. The molecule has 2 bridgehead atoms. The summed E-state index contributed by atoms with van der Waals surface area (Å²) >= 11 is 6.26. The number of amides is 2. The van der Waals surface area contributed by atoms with Crippen LogP contribution in [0.4, 0.5) is 18.9 Å². The number of allylic oxidation sites excluding steroid dienone is 1. The number of carbonyl (C=O) groups is 2. The van der Waals surface area contributed by atoms with Crippen molar-refractivity contribution in [1.82, 2.24) is 5.32 Å². The molecule has 0 radical (unpaired) electrons. The van der Waals surface area contributed by atoms with Crippen LogP contribution in [0.3, 0.4) is 0 Å². The SMILES string of the molecule is O=C(NC[C@@]1(O)C2CC[C@H]1C[C@H](S(=O)(=O)c1cc(C(=O)Nc3cc(F)c(F)c(F)c3)ccc1Cl)C2)C1=CCCC1. The molecule has 5 rings (SSSR count). The first kappa shape index (κ1) is 28.6. The van der Waals surface area contributed by atoms with Crippen molar-refractivity contribution in [2.45, 2.75) is 60.7 Å². The van der Waals surface area contributed by atoms with Gasteiger partial charge in [-0.25, -0.2) is 21.6 Å². The summed E-state index contributed by atoms with van der Waals surface area (Å²) in [7, 11) is -4.05. The third-order valence-corrected chi connectivity index (χ3v) is 11.1. The molecule has 1 unspecified atom stereocenters. The molecule has 0 spiro atoms. The van der Waals surface area contributed by atoms with Gasteiger partial charge in [-0.2, -0.15) is 0 Å². The van der Waals surface area contributed by atoms with Crippen LogP contribution in [-0.4, -0.2) is 42.7 Å². The van der Waals surface area contributed by atoms with Gasteiger partial charge in [0.1, 0.15) is 0 Å². The largest absolute Gasteiger partial charge is 0.387 e. The van der Waals surface area contributed by atoms with E-state index in [4.69, 9.17) is 11.6 Å². The molecule has 2 aromatic carbocycles. The summed E-state index contributed by atoms with van der Waals surface area (Å²) in [4.78, 5) is 25.0. The molecule has 2 aromatic rings. The number of anilines is 1. The highest BCUT2D eigenvalue weighted by atomic mass is 35.5. The summed E-state index contributed by atoms with van der Waals surface area (Å²) in [6.07, 6.45) is 5.93. The number of nitrogens with one attached hydrogen (secondary N) is 2. The fourth-order valence-corrected chi connectivity index (χ4v) is 8.64. The van der Waals surface area contributed by atoms with Crippen molar-refractivity contribution in [3.8, 4) is 0 Å². The second-order valence-corrected chi connectivity index (χ2v) is 13.4. The van der Waals surface area contributed by atoms with Crippen molar-refractivity contribution < 1.29 is 36.3 Å². The lowest BCUT2D eigenvalue weighted by Crippen LogP contribution is -2.54. The van der Waals surface area contributed by atoms with Gasteiger partial charge in [0.15, 0.2) is 27.3 Å². The van der Waals surface area contributed by atoms with Crippen LogP contribution in [0.1, 0.15) is 55.3 Å². The molecule has 3 N–H and O–H groups in total. The maximum Gasteiger partial charge on any atom is 0.255 e. The van der Waals surface area contributed by atoms with Crippen LogP contribution in [0.15, 0.2) is 46.9 Å².